The van der Waals surface area contributed by atoms with E-state index in [1.165, 1.54) is 5.56 Å². The summed E-state index contributed by atoms with van der Waals surface area (Å²) in [6, 6.07) is 25.7. The highest BCUT2D eigenvalue weighted by Crippen LogP contribution is 2.44. The van der Waals surface area contributed by atoms with Crippen molar-refractivity contribution >= 4 is 18.0 Å². The standard InChI is InChI=1S/C32H35N3O5/c1-22(33-31(39)40-21-28-26-13-7-5-11-24(26)25-12-6-8-14-27(25)28)19-29(36)34-32(30(37)38)15-17-35(18-16-32)20-23-9-3-2-4-10-23/h2-14,22,28H,15-21H2,1H3,(H,33,39)(H,34,36)(H,37,38). The number of likely N-dealkylation sites (tertiary alicyclic amines) is 1. The van der Waals surface area contributed by atoms with Crippen molar-refractivity contribution in [3.05, 3.63) is 95.6 Å². The Morgan fingerprint density at radius 3 is 2.10 bits per heavy atom. The van der Waals surface area contributed by atoms with Gasteiger partial charge in [0.1, 0.15) is 12.1 Å². The molecule has 5 rings (SSSR count). The first kappa shape index (κ1) is 27.4. The molecule has 2 amide bonds. The smallest absolute Gasteiger partial charge is 0.407 e. The van der Waals surface area contributed by atoms with Gasteiger partial charge in [0.2, 0.25) is 5.91 Å². The van der Waals surface area contributed by atoms with Crippen molar-refractivity contribution < 1.29 is 24.2 Å². The van der Waals surface area contributed by atoms with Crippen molar-refractivity contribution in [2.45, 2.75) is 50.2 Å². The SMILES string of the molecule is CC(CC(=O)NC1(C(=O)O)CCN(Cc2ccccc2)CC1)NC(=O)OCC1c2ccccc2-c2ccccc21. The van der Waals surface area contributed by atoms with Gasteiger partial charge in [0.15, 0.2) is 0 Å². The maximum atomic E-state index is 12.8. The van der Waals surface area contributed by atoms with E-state index in [1.807, 2.05) is 54.6 Å². The number of hydrogen-bond acceptors (Lipinski definition) is 5. The Hall–Kier alpha value is -4.17. The van der Waals surface area contributed by atoms with Crippen molar-refractivity contribution in [1.82, 2.24) is 15.5 Å². The lowest BCUT2D eigenvalue weighted by Gasteiger charge is -2.39. The van der Waals surface area contributed by atoms with E-state index in [9.17, 15) is 19.5 Å². The fourth-order valence-corrected chi connectivity index (χ4v) is 5.82. The van der Waals surface area contributed by atoms with Gasteiger partial charge < -0.3 is 20.5 Å². The van der Waals surface area contributed by atoms with Crippen LogP contribution in [0.5, 0.6) is 0 Å². The van der Waals surface area contributed by atoms with E-state index >= 15 is 0 Å². The molecule has 0 saturated carbocycles. The number of fused-ring (bicyclic) bond motifs is 3. The molecule has 3 aromatic carbocycles. The van der Waals surface area contributed by atoms with Crippen LogP contribution in [0.3, 0.4) is 0 Å². The van der Waals surface area contributed by atoms with Crippen molar-refractivity contribution in [2.24, 2.45) is 0 Å². The van der Waals surface area contributed by atoms with E-state index in [-0.39, 0.29) is 18.9 Å². The molecule has 0 aromatic heterocycles. The molecule has 40 heavy (non-hydrogen) atoms. The summed E-state index contributed by atoms with van der Waals surface area (Å²) in [5.41, 5.74) is 4.40. The maximum absolute atomic E-state index is 12.8. The van der Waals surface area contributed by atoms with Crippen LogP contribution in [0.1, 0.15) is 48.8 Å². The molecule has 0 bridgehead atoms. The molecule has 1 fully saturated rings. The molecule has 1 saturated heterocycles. The first-order valence-corrected chi connectivity index (χ1v) is 13.8. The number of benzene rings is 3. The summed E-state index contributed by atoms with van der Waals surface area (Å²) in [5.74, 6) is -1.50. The van der Waals surface area contributed by atoms with E-state index in [0.717, 1.165) is 28.8 Å². The van der Waals surface area contributed by atoms with Gasteiger partial charge in [-0.3, -0.25) is 9.69 Å². The van der Waals surface area contributed by atoms with Crippen LogP contribution < -0.4 is 10.6 Å². The number of hydrogen-bond donors (Lipinski definition) is 3. The van der Waals surface area contributed by atoms with Crippen molar-refractivity contribution in [3.63, 3.8) is 0 Å². The van der Waals surface area contributed by atoms with Crippen LogP contribution in [0.4, 0.5) is 4.79 Å². The Morgan fingerprint density at radius 2 is 1.50 bits per heavy atom. The number of nitrogens with zero attached hydrogens (tertiary/aromatic N) is 1. The van der Waals surface area contributed by atoms with Gasteiger partial charge in [-0.2, -0.15) is 0 Å². The Kier molecular flexibility index (Phi) is 8.16. The number of carboxylic acids is 1. The van der Waals surface area contributed by atoms with Crippen LogP contribution in [0, 0.1) is 0 Å². The zero-order valence-corrected chi connectivity index (χ0v) is 22.6. The molecule has 1 atom stereocenters. The first-order chi connectivity index (χ1) is 19.3. The normalized spacial score (nSPS) is 16.8. The Bertz CT molecular complexity index is 1320. The molecular weight excluding hydrogens is 506 g/mol. The van der Waals surface area contributed by atoms with Gasteiger partial charge in [0.05, 0.1) is 0 Å². The predicted octanol–water partition coefficient (Wildman–Crippen LogP) is 4.54. The average Bonchev–Trinajstić information content (AvgIpc) is 3.27. The van der Waals surface area contributed by atoms with Crippen LogP contribution in [0.15, 0.2) is 78.9 Å². The van der Waals surface area contributed by atoms with Gasteiger partial charge in [-0.05, 0) is 47.6 Å². The van der Waals surface area contributed by atoms with Gasteiger partial charge in [-0.1, -0.05) is 78.9 Å². The van der Waals surface area contributed by atoms with Crippen molar-refractivity contribution in [1.29, 1.82) is 0 Å². The number of piperidine rings is 1. The number of alkyl carbamates (subject to hydrolysis) is 1. The van der Waals surface area contributed by atoms with Gasteiger partial charge in [-0.15, -0.1) is 0 Å². The average molecular weight is 542 g/mol. The van der Waals surface area contributed by atoms with Gasteiger partial charge in [0.25, 0.3) is 0 Å². The summed E-state index contributed by atoms with van der Waals surface area (Å²) < 4.78 is 5.58. The van der Waals surface area contributed by atoms with Crippen molar-refractivity contribution in [2.75, 3.05) is 19.7 Å². The molecular formula is C32H35N3O5. The maximum Gasteiger partial charge on any atom is 0.407 e. The number of carbonyl (C=O) groups excluding carboxylic acids is 2. The van der Waals surface area contributed by atoms with E-state index in [1.54, 1.807) is 6.92 Å². The molecule has 1 heterocycles. The molecule has 0 spiro atoms. The van der Waals surface area contributed by atoms with Crippen LogP contribution in [-0.4, -0.2) is 59.3 Å². The van der Waals surface area contributed by atoms with E-state index in [4.69, 9.17) is 4.74 Å². The first-order valence-electron chi connectivity index (χ1n) is 13.8. The predicted molar refractivity (Wildman–Crippen MR) is 152 cm³/mol. The lowest BCUT2D eigenvalue weighted by Crippen LogP contribution is -2.60. The minimum Gasteiger partial charge on any atom is -0.480 e. The summed E-state index contributed by atoms with van der Waals surface area (Å²) in [5, 5.41) is 15.5. The second-order valence-electron chi connectivity index (χ2n) is 10.8. The van der Waals surface area contributed by atoms with Gasteiger partial charge >= 0.3 is 12.1 Å². The third-order valence-corrected chi connectivity index (χ3v) is 7.95. The third-order valence-electron chi connectivity index (χ3n) is 7.95. The fourth-order valence-electron chi connectivity index (χ4n) is 5.82. The molecule has 8 heteroatoms. The highest BCUT2D eigenvalue weighted by Gasteiger charge is 2.43. The van der Waals surface area contributed by atoms with E-state index in [0.29, 0.717) is 25.9 Å². The molecule has 1 aliphatic heterocycles. The summed E-state index contributed by atoms with van der Waals surface area (Å²) in [6.45, 7) is 3.76. The van der Waals surface area contributed by atoms with Crippen LogP contribution in [0.25, 0.3) is 11.1 Å². The molecule has 8 nitrogen and oxygen atoms in total. The minimum absolute atomic E-state index is 0.0487. The topological polar surface area (TPSA) is 108 Å². The lowest BCUT2D eigenvalue weighted by molar-refractivity contribution is -0.150. The summed E-state index contributed by atoms with van der Waals surface area (Å²) in [6.07, 6.45) is -0.0266. The molecule has 208 valence electrons. The van der Waals surface area contributed by atoms with E-state index < -0.39 is 29.6 Å². The van der Waals surface area contributed by atoms with Crippen LogP contribution in [-0.2, 0) is 20.9 Å². The quantitative estimate of drug-likeness (QED) is 0.367. The summed E-state index contributed by atoms with van der Waals surface area (Å²) in [4.78, 5) is 39.8. The summed E-state index contributed by atoms with van der Waals surface area (Å²) in [7, 11) is 0. The summed E-state index contributed by atoms with van der Waals surface area (Å²) >= 11 is 0. The number of ether oxygens (including phenoxy) is 1. The Balaban J connectivity index is 1.10. The Morgan fingerprint density at radius 1 is 0.925 bits per heavy atom. The number of nitrogens with one attached hydrogen (secondary N) is 2. The van der Waals surface area contributed by atoms with Crippen molar-refractivity contribution in [3.8, 4) is 11.1 Å². The van der Waals surface area contributed by atoms with Gasteiger partial charge in [-0.25, -0.2) is 9.59 Å². The van der Waals surface area contributed by atoms with E-state index in [2.05, 4.69) is 39.8 Å². The molecule has 2 aliphatic rings. The second-order valence-corrected chi connectivity index (χ2v) is 10.8. The van der Waals surface area contributed by atoms with Crippen LogP contribution >= 0.6 is 0 Å². The minimum atomic E-state index is -1.31. The monoisotopic (exact) mass is 541 g/mol. The molecule has 3 N–H and O–H groups in total. The molecule has 3 aromatic rings. The number of aliphatic carboxylic acids is 1. The number of carbonyl (C=O) groups is 3. The molecule has 1 aliphatic carbocycles. The number of rotatable bonds is 9. The number of carboxylic acid groups (broad SMARTS) is 1. The largest absolute Gasteiger partial charge is 0.480 e. The lowest BCUT2D eigenvalue weighted by atomic mass is 9.87. The molecule has 0 radical (unpaired) electrons. The Labute approximate surface area is 234 Å². The number of amides is 2. The highest BCUT2D eigenvalue weighted by atomic mass is 16.5. The fraction of sp³-hybridized carbons (Fsp3) is 0.344. The molecule has 1 unspecified atom stereocenters. The van der Waals surface area contributed by atoms with Gasteiger partial charge in [0, 0.05) is 38.0 Å². The zero-order chi connectivity index (χ0) is 28.1. The second kappa shape index (κ2) is 11.9. The zero-order valence-electron chi connectivity index (χ0n) is 22.6. The van der Waals surface area contributed by atoms with Crippen LogP contribution in [0.2, 0.25) is 0 Å². The third kappa shape index (κ3) is 6.02. The highest BCUT2D eigenvalue weighted by molar-refractivity contribution is 5.87.